The van der Waals surface area contributed by atoms with Crippen LogP contribution in [0, 0.1) is 6.92 Å². The van der Waals surface area contributed by atoms with E-state index in [0.717, 1.165) is 5.56 Å². The van der Waals surface area contributed by atoms with Crippen molar-refractivity contribution in [1.82, 2.24) is 5.32 Å². The number of aryl methyl sites for hydroxylation is 1. The zero-order valence-electron chi connectivity index (χ0n) is 12.5. The van der Waals surface area contributed by atoms with Crippen LogP contribution in [0.15, 0.2) is 18.2 Å². The van der Waals surface area contributed by atoms with Crippen molar-refractivity contribution in [3.05, 3.63) is 29.3 Å². The van der Waals surface area contributed by atoms with Crippen molar-refractivity contribution < 1.29 is 19.1 Å². The maximum Gasteiger partial charge on any atom is 0.342 e. The first-order chi connectivity index (χ1) is 9.35. The van der Waals surface area contributed by atoms with Gasteiger partial charge < -0.3 is 14.8 Å². The van der Waals surface area contributed by atoms with Gasteiger partial charge in [-0.25, -0.2) is 4.79 Å². The van der Waals surface area contributed by atoms with Crippen LogP contribution < -0.4 is 10.1 Å². The van der Waals surface area contributed by atoms with Crippen LogP contribution in [0.3, 0.4) is 0 Å². The third-order valence-electron chi connectivity index (χ3n) is 2.66. The fourth-order valence-electron chi connectivity index (χ4n) is 1.66. The van der Waals surface area contributed by atoms with Crippen LogP contribution >= 0.6 is 0 Å². The van der Waals surface area contributed by atoms with Crippen molar-refractivity contribution in [3.8, 4) is 5.75 Å². The van der Waals surface area contributed by atoms with E-state index in [2.05, 4.69) is 5.32 Å². The highest BCUT2D eigenvalue weighted by molar-refractivity contribution is 5.94. The molecule has 0 aliphatic rings. The maximum absolute atomic E-state index is 12.1. The molecule has 0 fully saturated rings. The Balaban J connectivity index is 2.81. The number of carbonyl (C=O) groups is 2. The van der Waals surface area contributed by atoms with Crippen LogP contribution in [0.2, 0.25) is 0 Å². The minimum Gasteiger partial charge on any atom is -0.496 e. The second-order valence-electron chi connectivity index (χ2n) is 4.91. The smallest absolute Gasteiger partial charge is 0.342 e. The van der Waals surface area contributed by atoms with Gasteiger partial charge in [0.1, 0.15) is 11.3 Å². The number of hydrogen-bond donors (Lipinski definition) is 1. The van der Waals surface area contributed by atoms with Gasteiger partial charge in [0.05, 0.1) is 7.11 Å². The molecule has 1 amide bonds. The lowest BCUT2D eigenvalue weighted by Crippen LogP contribution is -2.39. The first kappa shape index (κ1) is 16.0. The monoisotopic (exact) mass is 279 g/mol. The van der Waals surface area contributed by atoms with Crippen molar-refractivity contribution in [2.45, 2.75) is 39.8 Å². The van der Waals surface area contributed by atoms with Crippen LogP contribution in [0.5, 0.6) is 5.75 Å². The van der Waals surface area contributed by atoms with E-state index >= 15 is 0 Å². The zero-order chi connectivity index (χ0) is 15.3. The average Bonchev–Trinajstić information content (AvgIpc) is 2.37. The molecular weight excluding hydrogens is 258 g/mol. The number of ether oxygens (including phenoxy) is 2. The third-order valence-corrected chi connectivity index (χ3v) is 2.66. The Kier molecular flexibility index (Phi) is 5.55. The lowest BCUT2D eigenvalue weighted by molar-refractivity contribution is -0.129. The molecule has 1 N–H and O–H groups in total. The van der Waals surface area contributed by atoms with E-state index in [1.807, 2.05) is 26.8 Å². The molecule has 0 aromatic heterocycles. The molecule has 20 heavy (non-hydrogen) atoms. The molecular formula is C15H21NO4. The number of rotatable bonds is 5. The summed E-state index contributed by atoms with van der Waals surface area (Å²) in [6.45, 7) is 7.09. The van der Waals surface area contributed by atoms with Crippen molar-refractivity contribution >= 4 is 11.9 Å². The molecule has 5 nitrogen and oxygen atoms in total. The van der Waals surface area contributed by atoms with E-state index in [0.29, 0.717) is 11.3 Å². The SMILES string of the molecule is COc1ccc(C)cc1C(=O)O[C@H](C)C(=O)NC(C)C. The van der Waals surface area contributed by atoms with Gasteiger partial charge in [0.2, 0.25) is 0 Å². The Bertz CT molecular complexity index is 497. The summed E-state index contributed by atoms with van der Waals surface area (Å²) in [7, 11) is 1.48. The summed E-state index contributed by atoms with van der Waals surface area (Å²) in [5, 5.41) is 2.69. The Morgan fingerprint density at radius 2 is 1.85 bits per heavy atom. The summed E-state index contributed by atoms with van der Waals surface area (Å²) in [4.78, 5) is 23.8. The van der Waals surface area contributed by atoms with Crippen LogP contribution in [-0.2, 0) is 9.53 Å². The van der Waals surface area contributed by atoms with Crippen molar-refractivity contribution in [3.63, 3.8) is 0 Å². The van der Waals surface area contributed by atoms with Gasteiger partial charge in [-0.15, -0.1) is 0 Å². The maximum atomic E-state index is 12.1. The molecule has 0 bridgehead atoms. The predicted molar refractivity (Wildman–Crippen MR) is 75.9 cm³/mol. The Morgan fingerprint density at radius 3 is 2.40 bits per heavy atom. The summed E-state index contributed by atoms with van der Waals surface area (Å²) < 4.78 is 10.3. The normalized spacial score (nSPS) is 11.9. The summed E-state index contributed by atoms with van der Waals surface area (Å²) in [5.74, 6) is -0.464. The molecule has 0 aliphatic heterocycles. The van der Waals surface area contributed by atoms with E-state index in [1.165, 1.54) is 14.0 Å². The Hall–Kier alpha value is -2.04. The van der Waals surface area contributed by atoms with Gasteiger partial charge in [0.25, 0.3) is 5.91 Å². The molecule has 0 heterocycles. The van der Waals surface area contributed by atoms with E-state index < -0.39 is 12.1 Å². The fraction of sp³-hybridized carbons (Fsp3) is 0.467. The van der Waals surface area contributed by atoms with Gasteiger partial charge in [0, 0.05) is 6.04 Å². The Labute approximate surface area is 119 Å². The van der Waals surface area contributed by atoms with Crippen LogP contribution in [0.25, 0.3) is 0 Å². The Morgan fingerprint density at radius 1 is 1.20 bits per heavy atom. The van der Waals surface area contributed by atoms with Crippen LogP contribution in [-0.4, -0.2) is 31.1 Å². The standard InChI is InChI=1S/C15H21NO4/c1-9(2)16-14(17)11(4)20-15(18)12-8-10(3)6-7-13(12)19-5/h6-9,11H,1-5H3,(H,16,17)/t11-/m1/s1. The molecule has 0 unspecified atom stereocenters. The number of esters is 1. The molecule has 5 heteroatoms. The molecule has 0 radical (unpaired) electrons. The van der Waals surface area contributed by atoms with Gasteiger partial charge in [-0.2, -0.15) is 0 Å². The topological polar surface area (TPSA) is 64.6 Å². The molecule has 110 valence electrons. The lowest BCUT2D eigenvalue weighted by Gasteiger charge is -2.16. The summed E-state index contributed by atoms with van der Waals surface area (Å²) in [6, 6.07) is 5.21. The number of amides is 1. The van der Waals surface area contributed by atoms with Gasteiger partial charge in [-0.3, -0.25) is 4.79 Å². The molecule has 1 atom stereocenters. The number of benzene rings is 1. The number of nitrogens with one attached hydrogen (secondary N) is 1. The second-order valence-corrected chi connectivity index (χ2v) is 4.91. The van der Waals surface area contributed by atoms with E-state index in [1.54, 1.807) is 12.1 Å². The van der Waals surface area contributed by atoms with Gasteiger partial charge >= 0.3 is 5.97 Å². The predicted octanol–water partition coefficient (Wildman–Crippen LogP) is 2.07. The minimum atomic E-state index is -0.852. The molecule has 0 saturated heterocycles. The van der Waals surface area contributed by atoms with Crippen LogP contribution in [0.1, 0.15) is 36.7 Å². The largest absolute Gasteiger partial charge is 0.496 e. The first-order valence-electron chi connectivity index (χ1n) is 6.51. The van der Waals surface area contributed by atoms with Crippen LogP contribution in [0.4, 0.5) is 0 Å². The highest BCUT2D eigenvalue weighted by Gasteiger charge is 2.21. The summed E-state index contributed by atoms with van der Waals surface area (Å²) >= 11 is 0. The lowest BCUT2D eigenvalue weighted by atomic mass is 10.1. The summed E-state index contributed by atoms with van der Waals surface area (Å²) in [6.07, 6.45) is -0.852. The minimum absolute atomic E-state index is 0.00263. The van der Waals surface area contributed by atoms with E-state index in [-0.39, 0.29) is 11.9 Å². The molecule has 0 saturated carbocycles. The van der Waals surface area contributed by atoms with E-state index in [9.17, 15) is 9.59 Å². The fourth-order valence-corrected chi connectivity index (χ4v) is 1.66. The van der Waals surface area contributed by atoms with Crippen molar-refractivity contribution in [2.24, 2.45) is 0 Å². The highest BCUT2D eigenvalue weighted by atomic mass is 16.5. The number of methoxy groups -OCH3 is 1. The molecule has 1 aromatic rings. The van der Waals surface area contributed by atoms with E-state index in [4.69, 9.17) is 9.47 Å². The zero-order valence-corrected chi connectivity index (χ0v) is 12.5. The van der Waals surface area contributed by atoms with Crippen molar-refractivity contribution in [1.29, 1.82) is 0 Å². The molecule has 1 rings (SSSR count). The average molecular weight is 279 g/mol. The van der Waals surface area contributed by atoms with Gasteiger partial charge in [-0.1, -0.05) is 11.6 Å². The molecule has 0 spiro atoms. The molecule has 0 aliphatic carbocycles. The second kappa shape index (κ2) is 6.93. The van der Waals surface area contributed by atoms with Gasteiger partial charge in [-0.05, 0) is 39.8 Å². The quantitative estimate of drug-likeness (QED) is 0.838. The third kappa shape index (κ3) is 4.26. The number of carbonyl (C=O) groups excluding carboxylic acids is 2. The summed E-state index contributed by atoms with van der Waals surface area (Å²) in [5.41, 5.74) is 1.23. The number of hydrogen-bond acceptors (Lipinski definition) is 4. The molecule has 1 aromatic carbocycles. The van der Waals surface area contributed by atoms with Gasteiger partial charge in [0.15, 0.2) is 6.10 Å². The highest BCUT2D eigenvalue weighted by Crippen LogP contribution is 2.21. The van der Waals surface area contributed by atoms with Crippen molar-refractivity contribution in [2.75, 3.05) is 7.11 Å². The first-order valence-corrected chi connectivity index (χ1v) is 6.51.